The number of nitrogens with one attached hydrogen (secondary N) is 1. The third-order valence-electron chi connectivity index (χ3n) is 6.04. The minimum Gasteiger partial charge on any atom is -0.309 e. The Hall–Kier alpha value is -1.44. The van der Waals surface area contributed by atoms with Gasteiger partial charge in [0.25, 0.3) is 0 Å². The zero-order chi connectivity index (χ0) is 21.2. The summed E-state index contributed by atoms with van der Waals surface area (Å²) in [6.45, 7) is 12.0. The van der Waals surface area contributed by atoms with Crippen molar-refractivity contribution in [2.45, 2.75) is 64.3 Å². The van der Waals surface area contributed by atoms with Gasteiger partial charge in [-0.05, 0) is 68.3 Å². The van der Waals surface area contributed by atoms with Crippen LogP contribution in [0.25, 0.3) is 0 Å². The van der Waals surface area contributed by atoms with Crippen LogP contribution in [0.15, 0.2) is 23.1 Å². The van der Waals surface area contributed by atoms with Gasteiger partial charge in [0, 0.05) is 37.8 Å². The van der Waals surface area contributed by atoms with Crippen LogP contribution in [-0.4, -0.2) is 51.4 Å². The smallest absolute Gasteiger partial charge is 0.240 e. The van der Waals surface area contributed by atoms with Crippen molar-refractivity contribution in [3.63, 3.8) is 0 Å². The summed E-state index contributed by atoms with van der Waals surface area (Å²) in [7, 11) is -3.54. The van der Waals surface area contributed by atoms with Crippen molar-refractivity contribution in [1.82, 2.24) is 9.62 Å². The van der Waals surface area contributed by atoms with Crippen LogP contribution in [0.3, 0.4) is 0 Å². The van der Waals surface area contributed by atoms with Crippen LogP contribution in [0.1, 0.15) is 52.5 Å². The van der Waals surface area contributed by atoms with Crippen molar-refractivity contribution in [3.8, 4) is 0 Å². The molecule has 0 unspecified atom stereocenters. The van der Waals surface area contributed by atoms with E-state index < -0.39 is 10.0 Å². The van der Waals surface area contributed by atoms with E-state index in [-0.39, 0.29) is 16.8 Å². The molecular formula is C22H35N3O3S. The molecule has 0 bridgehead atoms. The monoisotopic (exact) mass is 421 g/mol. The average Bonchev–Trinajstić information content (AvgIpc) is 2.99. The highest BCUT2D eigenvalue weighted by Gasteiger charge is 2.31. The molecule has 6 nitrogen and oxygen atoms in total. The molecule has 162 valence electrons. The Bertz CT molecular complexity index is 830. The second kappa shape index (κ2) is 9.14. The molecular weight excluding hydrogens is 386 g/mol. The van der Waals surface area contributed by atoms with Crippen molar-refractivity contribution < 1.29 is 13.2 Å². The fourth-order valence-electron chi connectivity index (χ4n) is 4.89. The lowest BCUT2D eigenvalue weighted by Gasteiger charge is -2.34. The Morgan fingerprint density at radius 2 is 1.86 bits per heavy atom. The van der Waals surface area contributed by atoms with Gasteiger partial charge in [-0.1, -0.05) is 20.8 Å². The van der Waals surface area contributed by atoms with E-state index in [0.29, 0.717) is 31.2 Å². The second-order valence-corrected chi connectivity index (χ2v) is 10.7. The third-order valence-corrected chi connectivity index (χ3v) is 7.49. The zero-order valence-electron chi connectivity index (χ0n) is 18.1. The van der Waals surface area contributed by atoms with Gasteiger partial charge in [-0.25, -0.2) is 13.1 Å². The molecule has 0 aliphatic carbocycles. The molecule has 3 rings (SSSR count). The van der Waals surface area contributed by atoms with Gasteiger partial charge in [0.2, 0.25) is 15.9 Å². The number of carbonyl (C=O) groups excluding carboxylic acids is 1. The highest BCUT2D eigenvalue weighted by Crippen LogP contribution is 2.34. The maximum absolute atomic E-state index is 12.7. The quantitative estimate of drug-likeness (QED) is 0.687. The van der Waals surface area contributed by atoms with E-state index in [0.717, 1.165) is 37.3 Å². The van der Waals surface area contributed by atoms with Crippen LogP contribution in [0.5, 0.6) is 0 Å². The number of hydrogen-bond donors (Lipinski definition) is 1. The highest BCUT2D eigenvalue weighted by atomic mass is 32.2. The number of nitrogens with zero attached hydrogens (tertiary/aromatic N) is 2. The standard InChI is InChI=1S/C22H35N3O3S/c1-5-22(26)25-18(4)12-19-13-20(7-8-21(19)25)29(27,28)23-9-6-10-24-14-16(2)11-17(3)15-24/h7-8,13,16-18,23H,5-6,9-12,14-15H2,1-4H3/t16-,17+,18-/m1/s1. The predicted molar refractivity (Wildman–Crippen MR) is 117 cm³/mol. The number of amides is 1. The first-order valence-corrected chi connectivity index (χ1v) is 12.4. The van der Waals surface area contributed by atoms with E-state index in [2.05, 4.69) is 23.5 Å². The highest BCUT2D eigenvalue weighted by molar-refractivity contribution is 7.89. The van der Waals surface area contributed by atoms with E-state index in [1.54, 1.807) is 23.1 Å². The molecule has 0 spiro atoms. The molecule has 7 heteroatoms. The number of anilines is 1. The largest absolute Gasteiger partial charge is 0.309 e. The SMILES string of the molecule is CCC(=O)N1c2ccc(S(=O)(=O)NCCCN3C[C@H](C)C[C@H](C)C3)cc2C[C@H]1C. The van der Waals surface area contributed by atoms with Gasteiger partial charge >= 0.3 is 0 Å². The average molecular weight is 422 g/mol. The van der Waals surface area contributed by atoms with Crippen LogP contribution < -0.4 is 9.62 Å². The molecule has 2 aliphatic rings. The lowest BCUT2D eigenvalue weighted by molar-refractivity contribution is -0.118. The van der Waals surface area contributed by atoms with Gasteiger partial charge in [0.15, 0.2) is 0 Å². The molecule has 1 saturated heterocycles. The summed E-state index contributed by atoms with van der Waals surface area (Å²) >= 11 is 0. The van der Waals surface area contributed by atoms with E-state index in [1.165, 1.54) is 6.42 Å². The maximum Gasteiger partial charge on any atom is 0.240 e. The third kappa shape index (κ3) is 5.19. The summed E-state index contributed by atoms with van der Waals surface area (Å²) in [5.41, 5.74) is 1.77. The summed E-state index contributed by atoms with van der Waals surface area (Å²) < 4.78 is 28.2. The second-order valence-electron chi connectivity index (χ2n) is 8.92. The molecule has 0 aromatic heterocycles. The van der Waals surface area contributed by atoms with Gasteiger partial charge in [-0.3, -0.25) is 4.79 Å². The lowest BCUT2D eigenvalue weighted by Crippen LogP contribution is -2.40. The van der Waals surface area contributed by atoms with Crippen LogP contribution in [0.2, 0.25) is 0 Å². The fourth-order valence-corrected chi connectivity index (χ4v) is 6.02. The van der Waals surface area contributed by atoms with Crippen LogP contribution in [-0.2, 0) is 21.2 Å². The van der Waals surface area contributed by atoms with E-state index in [9.17, 15) is 13.2 Å². The summed E-state index contributed by atoms with van der Waals surface area (Å²) in [5.74, 6) is 1.50. The molecule has 0 radical (unpaired) electrons. The number of fused-ring (bicyclic) bond motifs is 1. The molecule has 3 atom stereocenters. The Kier molecular flexibility index (Phi) is 7.02. The molecule has 1 N–H and O–H groups in total. The predicted octanol–water partition coefficient (Wildman–Crippen LogP) is 3.02. The van der Waals surface area contributed by atoms with Gasteiger partial charge in [-0.2, -0.15) is 0 Å². The molecule has 1 aromatic carbocycles. The number of likely N-dealkylation sites (tertiary alicyclic amines) is 1. The van der Waals surface area contributed by atoms with E-state index >= 15 is 0 Å². The van der Waals surface area contributed by atoms with Crippen LogP contribution >= 0.6 is 0 Å². The Morgan fingerprint density at radius 1 is 1.17 bits per heavy atom. The maximum atomic E-state index is 12.7. The van der Waals surface area contributed by atoms with Crippen molar-refractivity contribution in [2.75, 3.05) is 31.1 Å². The van der Waals surface area contributed by atoms with Gasteiger partial charge in [-0.15, -0.1) is 0 Å². The molecule has 1 aromatic rings. The van der Waals surface area contributed by atoms with Crippen molar-refractivity contribution >= 4 is 21.6 Å². The van der Waals surface area contributed by atoms with Gasteiger partial charge in [0.05, 0.1) is 4.90 Å². The molecule has 1 fully saturated rings. The number of carbonyl (C=O) groups is 1. The van der Waals surface area contributed by atoms with Gasteiger partial charge in [0.1, 0.15) is 0 Å². The molecule has 0 saturated carbocycles. The van der Waals surface area contributed by atoms with E-state index in [1.807, 2.05) is 13.8 Å². The first-order chi connectivity index (χ1) is 13.7. The number of sulfonamides is 1. The van der Waals surface area contributed by atoms with Gasteiger partial charge < -0.3 is 9.80 Å². The van der Waals surface area contributed by atoms with Crippen molar-refractivity contribution in [1.29, 1.82) is 0 Å². The zero-order valence-corrected chi connectivity index (χ0v) is 19.0. The van der Waals surface area contributed by atoms with Crippen LogP contribution in [0, 0.1) is 11.8 Å². The number of hydrogen-bond acceptors (Lipinski definition) is 4. The Morgan fingerprint density at radius 3 is 2.52 bits per heavy atom. The first kappa shape index (κ1) is 22.2. The van der Waals surface area contributed by atoms with E-state index in [4.69, 9.17) is 0 Å². The summed E-state index contributed by atoms with van der Waals surface area (Å²) in [6.07, 6.45) is 3.22. The number of benzene rings is 1. The fraction of sp³-hybridized carbons (Fsp3) is 0.682. The topological polar surface area (TPSA) is 69.7 Å². The normalized spacial score (nSPS) is 25.2. The molecule has 1 amide bonds. The molecule has 2 aliphatic heterocycles. The van der Waals surface area contributed by atoms with Crippen molar-refractivity contribution in [2.24, 2.45) is 11.8 Å². The van der Waals surface area contributed by atoms with Crippen LogP contribution in [0.4, 0.5) is 5.69 Å². The summed E-state index contributed by atoms with van der Waals surface area (Å²) in [5, 5.41) is 0. The summed E-state index contributed by atoms with van der Waals surface area (Å²) in [6, 6.07) is 5.18. The van der Waals surface area contributed by atoms with Crippen molar-refractivity contribution in [3.05, 3.63) is 23.8 Å². The summed E-state index contributed by atoms with van der Waals surface area (Å²) in [4.78, 5) is 16.7. The Labute approximate surface area is 175 Å². The first-order valence-electron chi connectivity index (χ1n) is 10.9. The Balaban J connectivity index is 1.58. The number of rotatable bonds is 7. The number of piperidine rings is 1. The molecule has 29 heavy (non-hydrogen) atoms. The minimum atomic E-state index is -3.54. The minimum absolute atomic E-state index is 0.0673. The lowest BCUT2D eigenvalue weighted by atomic mass is 9.92. The molecule has 2 heterocycles.